The van der Waals surface area contributed by atoms with Crippen LogP contribution in [0.4, 0.5) is 0 Å². The van der Waals surface area contributed by atoms with Gasteiger partial charge in [-0.1, -0.05) is 109 Å². The van der Waals surface area contributed by atoms with Gasteiger partial charge in [-0.25, -0.2) is 0 Å². The van der Waals surface area contributed by atoms with E-state index in [0.29, 0.717) is 0 Å². The van der Waals surface area contributed by atoms with E-state index in [1.807, 2.05) is 0 Å². The van der Waals surface area contributed by atoms with Crippen LogP contribution in [-0.4, -0.2) is 15.8 Å². The molecule has 0 bridgehead atoms. The van der Waals surface area contributed by atoms with E-state index in [4.69, 9.17) is 4.74 Å². The minimum Gasteiger partial charge on any atom is -0.458 e. The fraction of sp³-hybridized carbons (Fsp3) is 0. The molecular formula is C42H25BN2O. The summed E-state index contributed by atoms with van der Waals surface area (Å²) >= 11 is 0. The lowest BCUT2D eigenvalue weighted by Gasteiger charge is -2.33. The van der Waals surface area contributed by atoms with Gasteiger partial charge < -0.3 is 13.9 Å². The third kappa shape index (κ3) is 3.03. The van der Waals surface area contributed by atoms with Crippen molar-refractivity contribution in [2.75, 3.05) is 0 Å². The van der Waals surface area contributed by atoms with Crippen LogP contribution in [0.3, 0.4) is 0 Å². The van der Waals surface area contributed by atoms with Gasteiger partial charge in [0.15, 0.2) is 0 Å². The van der Waals surface area contributed by atoms with Gasteiger partial charge in [0.25, 0.3) is 6.71 Å². The smallest absolute Gasteiger partial charge is 0.256 e. The number of rotatable bonds is 2. The Morgan fingerprint density at radius 2 is 1.22 bits per heavy atom. The summed E-state index contributed by atoms with van der Waals surface area (Å²) in [6, 6.07) is 55.0. The number of para-hydroxylation sites is 3. The van der Waals surface area contributed by atoms with Crippen LogP contribution in [-0.2, 0) is 0 Å². The highest BCUT2D eigenvalue weighted by Crippen LogP contribution is 2.43. The van der Waals surface area contributed by atoms with Gasteiger partial charge in [-0.3, -0.25) is 0 Å². The summed E-state index contributed by atoms with van der Waals surface area (Å²) in [4.78, 5) is 0. The number of benzene rings is 7. The number of hydrogen-bond acceptors (Lipinski definition) is 1. The molecule has 0 spiro atoms. The number of ether oxygens (including phenoxy) is 1. The summed E-state index contributed by atoms with van der Waals surface area (Å²) in [5.41, 5.74) is 13.5. The van der Waals surface area contributed by atoms with Crippen molar-refractivity contribution < 1.29 is 4.74 Å². The first-order valence-corrected chi connectivity index (χ1v) is 15.9. The molecule has 4 heterocycles. The van der Waals surface area contributed by atoms with Crippen LogP contribution >= 0.6 is 0 Å². The molecule has 9 aromatic rings. The molecule has 0 saturated carbocycles. The first-order valence-electron chi connectivity index (χ1n) is 15.9. The Labute approximate surface area is 265 Å². The van der Waals surface area contributed by atoms with Crippen molar-refractivity contribution in [3.05, 3.63) is 152 Å². The lowest BCUT2D eigenvalue weighted by molar-refractivity contribution is 0.487. The third-order valence-corrected chi connectivity index (χ3v) is 10.2. The van der Waals surface area contributed by atoms with E-state index in [2.05, 4.69) is 161 Å². The Hall–Kier alpha value is -6.00. The lowest BCUT2D eigenvalue weighted by Crippen LogP contribution is -2.58. The van der Waals surface area contributed by atoms with Crippen LogP contribution in [0.15, 0.2) is 152 Å². The maximum Gasteiger partial charge on any atom is 0.256 e. The average Bonchev–Trinajstić information content (AvgIpc) is 3.64. The standard InChI is InChI=1S/C42H25BN2O/c1-3-11-26(12-4-1)27-21-24-37-33(25-27)43-32-17-9-16-29-30-22-23-35-39(31-15-7-8-18-34(31)44(35)28-13-5-2-6-14-28)42(30)45(41(29)32)36-19-10-20-38(46-37)40(36)43/h1-25H. The van der Waals surface area contributed by atoms with E-state index >= 15 is 0 Å². The molecule has 0 aliphatic carbocycles. The van der Waals surface area contributed by atoms with Gasteiger partial charge in [-0.15, -0.1) is 0 Å². The summed E-state index contributed by atoms with van der Waals surface area (Å²) in [6.45, 7) is 0.0697. The van der Waals surface area contributed by atoms with Crippen molar-refractivity contribution in [2.24, 2.45) is 0 Å². The Morgan fingerprint density at radius 3 is 2.11 bits per heavy atom. The van der Waals surface area contributed by atoms with E-state index in [1.165, 1.54) is 82.5 Å². The molecule has 2 aliphatic rings. The van der Waals surface area contributed by atoms with Crippen molar-refractivity contribution in [1.82, 2.24) is 9.13 Å². The molecule has 0 amide bonds. The highest BCUT2D eigenvalue weighted by atomic mass is 16.5. The Bertz CT molecular complexity index is 2720. The topological polar surface area (TPSA) is 19.1 Å². The second-order valence-electron chi connectivity index (χ2n) is 12.5. The van der Waals surface area contributed by atoms with Gasteiger partial charge in [0, 0.05) is 38.4 Å². The molecule has 3 nitrogen and oxygen atoms in total. The monoisotopic (exact) mass is 584 g/mol. The molecule has 2 aliphatic heterocycles. The van der Waals surface area contributed by atoms with Crippen LogP contribution in [0.25, 0.3) is 66.1 Å². The van der Waals surface area contributed by atoms with E-state index in [9.17, 15) is 0 Å². The SMILES string of the molecule is c1ccc(-c2ccc3c(c2)B2c4c(cccc4-n4c5c2cccc5c2ccc5c(c6ccccc6n5-c5ccccc5)c24)O3)cc1. The molecule has 0 unspecified atom stereocenters. The number of nitrogens with zero attached hydrogens (tertiary/aromatic N) is 2. The minimum atomic E-state index is 0.0697. The molecule has 2 aromatic heterocycles. The van der Waals surface area contributed by atoms with Crippen molar-refractivity contribution in [3.63, 3.8) is 0 Å². The molecule has 0 N–H and O–H groups in total. The van der Waals surface area contributed by atoms with Gasteiger partial charge in [0.2, 0.25) is 0 Å². The van der Waals surface area contributed by atoms with Crippen molar-refractivity contribution in [2.45, 2.75) is 0 Å². The lowest BCUT2D eigenvalue weighted by atomic mass is 9.34. The largest absolute Gasteiger partial charge is 0.458 e. The number of fused-ring (bicyclic) bond motifs is 11. The molecule has 4 heteroatoms. The second kappa shape index (κ2) is 8.80. The van der Waals surface area contributed by atoms with Crippen LogP contribution < -0.4 is 21.1 Å². The summed E-state index contributed by atoms with van der Waals surface area (Å²) in [7, 11) is 0. The van der Waals surface area contributed by atoms with E-state index < -0.39 is 0 Å². The van der Waals surface area contributed by atoms with Gasteiger partial charge in [-0.2, -0.15) is 0 Å². The molecule has 0 saturated heterocycles. The Morgan fingerprint density at radius 1 is 0.457 bits per heavy atom. The fourth-order valence-electron chi connectivity index (χ4n) is 8.34. The predicted molar refractivity (Wildman–Crippen MR) is 192 cm³/mol. The first-order chi connectivity index (χ1) is 22.8. The average molecular weight is 584 g/mol. The fourth-order valence-corrected chi connectivity index (χ4v) is 8.34. The van der Waals surface area contributed by atoms with Gasteiger partial charge in [0.1, 0.15) is 11.5 Å². The van der Waals surface area contributed by atoms with Crippen LogP contribution in [0, 0.1) is 0 Å². The molecule has 0 atom stereocenters. The highest BCUT2D eigenvalue weighted by molar-refractivity contribution is 6.99. The van der Waals surface area contributed by atoms with E-state index in [1.54, 1.807) is 0 Å². The number of hydrogen-bond donors (Lipinski definition) is 0. The van der Waals surface area contributed by atoms with E-state index in [0.717, 1.165) is 11.5 Å². The van der Waals surface area contributed by atoms with Crippen LogP contribution in [0.5, 0.6) is 11.5 Å². The quantitative estimate of drug-likeness (QED) is 0.187. The zero-order chi connectivity index (χ0) is 29.9. The molecule has 0 radical (unpaired) electrons. The zero-order valence-corrected chi connectivity index (χ0v) is 24.8. The second-order valence-corrected chi connectivity index (χ2v) is 12.5. The molecule has 7 aromatic carbocycles. The molecule has 11 rings (SSSR count). The maximum absolute atomic E-state index is 6.72. The summed E-state index contributed by atoms with van der Waals surface area (Å²) in [5, 5.41) is 5.09. The minimum absolute atomic E-state index is 0.0697. The third-order valence-electron chi connectivity index (χ3n) is 10.2. The Balaban J connectivity index is 1.29. The predicted octanol–water partition coefficient (Wildman–Crippen LogP) is 8.48. The normalized spacial score (nSPS) is 12.9. The van der Waals surface area contributed by atoms with Crippen molar-refractivity contribution in [3.8, 4) is 34.0 Å². The van der Waals surface area contributed by atoms with Crippen molar-refractivity contribution >= 4 is 66.7 Å². The maximum atomic E-state index is 6.72. The molecular weight excluding hydrogens is 559 g/mol. The summed E-state index contributed by atoms with van der Waals surface area (Å²) in [6.07, 6.45) is 0. The van der Waals surface area contributed by atoms with Crippen molar-refractivity contribution in [1.29, 1.82) is 0 Å². The summed E-state index contributed by atoms with van der Waals surface area (Å²) in [5.74, 6) is 1.87. The van der Waals surface area contributed by atoms with Gasteiger partial charge in [0.05, 0.1) is 16.6 Å². The van der Waals surface area contributed by atoms with E-state index in [-0.39, 0.29) is 6.71 Å². The number of aromatic nitrogens is 2. The van der Waals surface area contributed by atoms with Crippen LogP contribution in [0.2, 0.25) is 0 Å². The zero-order valence-electron chi connectivity index (χ0n) is 24.8. The van der Waals surface area contributed by atoms with Gasteiger partial charge in [-0.05, 0) is 70.0 Å². The summed E-state index contributed by atoms with van der Waals surface area (Å²) < 4.78 is 11.7. The highest BCUT2D eigenvalue weighted by Gasteiger charge is 2.40. The Kier molecular flexibility index (Phi) is 4.66. The molecule has 0 fully saturated rings. The van der Waals surface area contributed by atoms with Crippen LogP contribution in [0.1, 0.15) is 0 Å². The molecule has 46 heavy (non-hydrogen) atoms. The van der Waals surface area contributed by atoms with Gasteiger partial charge >= 0.3 is 0 Å². The molecule has 212 valence electrons. The first kappa shape index (κ1) is 24.3.